The van der Waals surface area contributed by atoms with Crippen molar-refractivity contribution in [3.05, 3.63) is 253 Å². The fourth-order valence-electron chi connectivity index (χ4n) is 9.27. The summed E-state index contributed by atoms with van der Waals surface area (Å²) in [6.07, 6.45) is 41.0. The average molecular weight is 844 g/mol. The number of fused-ring (bicyclic) bond motifs is 13. The molecule has 3 nitrogen and oxygen atoms in total. The van der Waals surface area contributed by atoms with Crippen LogP contribution < -0.4 is 5.32 Å². The normalized spacial score (nSPS) is 17.2. The first kappa shape index (κ1) is 43.8. The van der Waals surface area contributed by atoms with Gasteiger partial charge in [0.1, 0.15) is 0 Å². The van der Waals surface area contributed by atoms with Crippen LogP contribution in [0.15, 0.2) is 236 Å². The molecule has 0 atom stereocenters. The molecule has 0 saturated carbocycles. The molecule has 8 rings (SSSR count). The van der Waals surface area contributed by atoms with E-state index < -0.39 is 0 Å². The Bertz CT molecular complexity index is 3320. The minimum absolute atomic E-state index is 0.874. The maximum atomic E-state index is 4.14. The van der Waals surface area contributed by atoms with Crippen LogP contribution in [0.4, 0.5) is 0 Å². The first-order valence-electron chi connectivity index (χ1n) is 22.6. The highest BCUT2D eigenvalue weighted by molar-refractivity contribution is 6.39. The number of para-hydroxylation sites is 1. The van der Waals surface area contributed by atoms with Gasteiger partial charge in [0, 0.05) is 61.8 Å². The van der Waals surface area contributed by atoms with Gasteiger partial charge >= 0.3 is 0 Å². The summed E-state index contributed by atoms with van der Waals surface area (Å²) in [4.78, 5) is 2.31. The molecule has 65 heavy (non-hydrogen) atoms. The van der Waals surface area contributed by atoms with E-state index >= 15 is 0 Å². The maximum absolute atomic E-state index is 4.14. The number of rotatable bonds is 12. The number of benzene rings is 6. The van der Waals surface area contributed by atoms with E-state index in [1.807, 2.05) is 31.4 Å². The van der Waals surface area contributed by atoms with Gasteiger partial charge in [-0.05, 0) is 127 Å². The van der Waals surface area contributed by atoms with Crippen molar-refractivity contribution in [2.45, 2.75) is 41.0 Å². The van der Waals surface area contributed by atoms with Gasteiger partial charge in [0.05, 0.1) is 11.0 Å². The van der Waals surface area contributed by atoms with Gasteiger partial charge < -0.3 is 14.8 Å². The Balaban J connectivity index is 1.59. The molecule has 0 aliphatic carbocycles. The summed E-state index contributed by atoms with van der Waals surface area (Å²) in [7, 11) is 0. The molecule has 0 unspecified atom stereocenters. The van der Waals surface area contributed by atoms with E-state index in [2.05, 4.69) is 244 Å². The third-order valence-corrected chi connectivity index (χ3v) is 11.9. The molecule has 0 radical (unpaired) electrons. The quantitative estimate of drug-likeness (QED) is 0.0977. The van der Waals surface area contributed by atoms with E-state index in [9.17, 15) is 0 Å². The lowest BCUT2D eigenvalue weighted by molar-refractivity contribution is 0.575. The second kappa shape index (κ2) is 20.1. The van der Waals surface area contributed by atoms with Crippen molar-refractivity contribution in [3.63, 3.8) is 0 Å². The molecule has 1 aliphatic heterocycles. The largest absolute Gasteiger partial charge is 0.365 e. The molecule has 320 valence electrons. The summed E-state index contributed by atoms with van der Waals surface area (Å²) in [6, 6.07) is 35.7. The van der Waals surface area contributed by atoms with Gasteiger partial charge in [-0.2, -0.15) is 0 Å². The van der Waals surface area contributed by atoms with Crippen LogP contribution in [0.5, 0.6) is 0 Å². The van der Waals surface area contributed by atoms with Gasteiger partial charge in [0.2, 0.25) is 0 Å². The molecule has 7 aromatic rings. The van der Waals surface area contributed by atoms with E-state index in [1.165, 1.54) is 48.6 Å². The van der Waals surface area contributed by atoms with Crippen LogP contribution in [0.3, 0.4) is 0 Å². The van der Waals surface area contributed by atoms with E-state index in [1.54, 1.807) is 0 Å². The molecule has 1 N–H and O–H groups in total. The van der Waals surface area contributed by atoms with Crippen LogP contribution in [-0.4, -0.2) is 9.47 Å². The van der Waals surface area contributed by atoms with E-state index in [-0.39, 0.29) is 0 Å². The lowest BCUT2D eigenvalue weighted by Gasteiger charge is -2.28. The van der Waals surface area contributed by atoms with Gasteiger partial charge in [-0.25, -0.2) is 0 Å². The predicted molar refractivity (Wildman–Crippen MR) is 287 cm³/mol. The molecule has 0 fully saturated rings. The first-order chi connectivity index (χ1) is 32.0. The lowest BCUT2D eigenvalue weighted by Crippen LogP contribution is -2.19. The number of aromatic nitrogens is 1. The van der Waals surface area contributed by atoms with Gasteiger partial charge in [-0.3, -0.25) is 0 Å². The van der Waals surface area contributed by atoms with Crippen LogP contribution in [0.2, 0.25) is 0 Å². The maximum Gasteiger partial charge on any atom is 0.0626 e. The lowest BCUT2D eigenvalue weighted by atomic mass is 9.83. The Labute approximate surface area is 384 Å². The fourth-order valence-corrected chi connectivity index (χ4v) is 9.27. The number of hydrogen-bond donors (Lipinski definition) is 1. The van der Waals surface area contributed by atoms with Crippen molar-refractivity contribution >= 4 is 71.8 Å². The third-order valence-electron chi connectivity index (χ3n) is 11.9. The van der Waals surface area contributed by atoms with Crippen molar-refractivity contribution in [2.75, 3.05) is 0 Å². The van der Waals surface area contributed by atoms with Crippen LogP contribution in [0.1, 0.15) is 57.7 Å². The van der Waals surface area contributed by atoms with Crippen molar-refractivity contribution in [1.82, 2.24) is 14.8 Å². The number of nitrogens with one attached hydrogen (secondary N) is 1. The van der Waals surface area contributed by atoms with Gasteiger partial charge in [-0.15, -0.1) is 0 Å². The Morgan fingerprint density at radius 1 is 0.662 bits per heavy atom. The zero-order chi connectivity index (χ0) is 45.3. The smallest absolute Gasteiger partial charge is 0.0626 e. The standard InChI is InChI=1S/C62H57N3/c1-8-14-16-28-45-37-39-49(40-38-45)65-57-36-22-21-35-56(57)60-61-58-50(30-15-9-2)44(7)63-43-23-29-48(64(46(24-10-3)25-11-4)47(26-12-5)27-13-6)41-42-54(58)51-31-17-18-32-52(51)59(61)53-33-19-20-34-55(53)62(60)65/h8-12,14-43,63H,2-3,13H2,1,4-7H3/b14-8-,25-11-,26-12-,28-16-,30-15-,42-41-,43-23+,46-24+,47-27+,48-29+,50-44-. The summed E-state index contributed by atoms with van der Waals surface area (Å²) in [5.41, 5.74) is 12.0. The molecular weight excluding hydrogens is 787 g/mol. The minimum Gasteiger partial charge on any atom is -0.365 e. The minimum atomic E-state index is 0.874. The molecule has 0 amide bonds. The van der Waals surface area contributed by atoms with E-state index in [0.29, 0.717) is 0 Å². The van der Waals surface area contributed by atoms with Crippen LogP contribution in [0, 0.1) is 0 Å². The zero-order valence-corrected chi connectivity index (χ0v) is 38.2. The van der Waals surface area contributed by atoms with Gasteiger partial charge in [-0.1, -0.05) is 172 Å². The second-order valence-electron chi connectivity index (χ2n) is 15.9. The Hall–Kier alpha value is -7.88. The van der Waals surface area contributed by atoms with Crippen LogP contribution >= 0.6 is 0 Å². The molecule has 0 spiro atoms. The molecular formula is C62H57N3. The molecule has 2 heterocycles. The Morgan fingerprint density at radius 2 is 1.34 bits per heavy atom. The number of hydrogen-bond acceptors (Lipinski definition) is 2. The highest BCUT2D eigenvalue weighted by Gasteiger charge is 2.26. The van der Waals surface area contributed by atoms with Crippen molar-refractivity contribution in [2.24, 2.45) is 0 Å². The van der Waals surface area contributed by atoms with Crippen molar-refractivity contribution in [1.29, 1.82) is 0 Å². The van der Waals surface area contributed by atoms with Crippen LogP contribution in [0.25, 0.3) is 77.5 Å². The SMILES string of the molecule is C=C/C=C\C1=C(/C)N/C=C/C=C(N(C(/C=C\C)=C/C=C)C(/C=C\C)=C/CC)\C=C/c2c1c1c(c3ccccc23)c2ccccc2c2c1c1ccccc1n2-c1ccc(/C=C\C=C/C)cc1. The first-order valence-corrected chi connectivity index (χ1v) is 22.6. The summed E-state index contributed by atoms with van der Waals surface area (Å²) in [6.45, 7) is 18.8. The molecule has 1 aliphatic rings. The molecule has 3 heteroatoms. The highest BCUT2D eigenvalue weighted by atomic mass is 15.2. The number of allylic oxidation sites excluding steroid dienone is 18. The Morgan fingerprint density at radius 3 is 2.03 bits per heavy atom. The fraction of sp³-hybridized carbons (Fsp3) is 0.0968. The van der Waals surface area contributed by atoms with E-state index in [0.717, 1.165) is 62.7 Å². The van der Waals surface area contributed by atoms with Gasteiger partial charge in [0.15, 0.2) is 0 Å². The Kier molecular flexibility index (Phi) is 13.5. The van der Waals surface area contributed by atoms with Crippen molar-refractivity contribution < 1.29 is 0 Å². The highest BCUT2D eigenvalue weighted by Crippen LogP contribution is 2.49. The summed E-state index contributed by atoms with van der Waals surface area (Å²) in [5.74, 6) is 0. The second-order valence-corrected chi connectivity index (χ2v) is 15.9. The summed E-state index contributed by atoms with van der Waals surface area (Å²) in [5, 5.41) is 13.4. The molecule has 0 saturated heterocycles. The average Bonchev–Trinajstić information content (AvgIpc) is 3.67. The molecule has 6 aromatic carbocycles. The van der Waals surface area contributed by atoms with Gasteiger partial charge in [0.25, 0.3) is 0 Å². The van der Waals surface area contributed by atoms with Crippen LogP contribution in [-0.2, 0) is 0 Å². The molecule has 1 aromatic heterocycles. The monoisotopic (exact) mass is 843 g/mol. The summed E-state index contributed by atoms with van der Waals surface area (Å²) < 4.78 is 2.47. The summed E-state index contributed by atoms with van der Waals surface area (Å²) >= 11 is 0. The number of nitrogens with zero attached hydrogens (tertiary/aromatic N) is 2. The van der Waals surface area contributed by atoms with Crippen molar-refractivity contribution in [3.8, 4) is 5.69 Å². The third kappa shape index (κ3) is 8.37. The topological polar surface area (TPSA) is 20.2 Å². The van der Waals surface area contributed by atoms with E-state index in [4.69, 9.17) is 0 Å². The zero-order valence-electron chi connectivity index (χ0n) is 38.2. The molecule has 0 bridgehead atoms. The predicted octanol–water partition coefficient (Wildman–Crippen LogP) is 17.1.